The van der Waals surface area contributed by atoms with E-state index < -0.39 is 22.4 Å². The van der Waals surface area contributed by atoms with Gasteiger partial charge in [0.05, 0.1) is 5.75 Å². The number of hydrogen-bond donors (Lipinski definition) is 1. The molecule has 1 aromatic carbocycles. The fourth-order valence-corrected chi connectivity index (χ4v) is 1.88. The summed E-state index contributed by atoms with van der Waals surface area (Å²) < 4.78 is 50.5. The first-order chi connectivity index (χ1) is 9.78. The molecule has 0 aliphatic carbocycles. The third-order valence-electron chi connectivity index (χ3n) is 2.32. The standard InChI is InChI=1S/C13H15F2NO4S/c1-21(18,19)9-8-16-12(17)7-6-10-4-2-3-5-11(10)20-13(14)15/h2-7,13H,8-9H2,1H3,(H,16,17). The Morgan fingerprint density at radius 2 is 2.05 bits per heavy atom. The molecule has 0 fully saturated rings. The molecule has 0 spiro atoms. The van der Waals surface area contributed by atoms with Crippen molar-refractivity contribution in [3.8, 4) is 5.75 Å². The number of halogens is 2. The molecule has 0 radical (unpaired) electrons. The first kappa shape index (κ1) is 17.1. The molecule has 1 aromatic rings. The maximum Gasteiger partial charge on any atom is 0.387 e. The third kappa shape index (κ3) is 7.40. The van der Waals surface area contributed by atoms with Crippen LogP contribution in [0.5, 0.6) is 5.75 Å². The summed E-state index contributed by atoms with van der Waals surface area (Å²) in [4.78, 5) is 11.5. The molecule has 0 heterocycles. The fourth-order valence-electron chi connectivity index (χ4n) is 1.41. The number of ether oxygens (including phenoxy) is 1. The van der Waals surface area contributed by atoms with Crippen molar-refractivity contribution < 1.29 is 26.7 Å². The second kappa shape index (κ2) is 7.72. The van der Waals surface area contributed by atoms with E-state index in [1.165, 1.54) is 24.3 Å². The van der Waals surface area contributed by atoms with Crippen LogP contribution >= 0.6 is 0 Å². The summed E-state index contributed by atoms with van der Waals surface area (Å²) in [6.45, 7) is -2.97. The summed E-state index contributed by atoms with van der Waals surface area (Å²) in [7, 11) is -3.15. The summed E-state index contributed by atoms with van der Waals surface area (Å²) in [5, 5.41) is 2.38. The van der Waals surface area contributed by atoms with Crippen LogP contribution in [0.4, 0.5) is 8.78 Å². The minimum Gasteiger partial charge on any atom is -0.434 e. The summed E-state index contributed by atoms with van der Waals surface area (Å²) in [5.74, 6) is -0.740. The van der Waals surface area contributed by atoms with E-state index in [0.29, 0.717) is 5.56 Å². The van der Waals surface area contributed by atoms with Gasteiger partial charge in [-0.25, -0.2) is 8.42 Å². The van der Waals surface area contributed by atoms with E-state index in [1.807, 2.05) is 0 Å². The molecule has 5 nitrogen and oxygen atoms in total. The number of nitrogens with one attached hydrogen (secondary N) is 1. The highest BCUT2D eigenvalue weighted by molar-refractivity contribution is 7.90. The molecular weight excluding hydrogens is 304 g/mol. The van der Waals surface area contributed by atoms with Crippen molar-refractivity contribution in [3.05, 3.63) is 35.9 Å². The molecule has 0 aliphatic rings. The number of rotatable bonds is 7. The molecule has 0 unspecified atom stereocenters. The molecule has 8 heteroatoms. The lowest BCUT2D eigenvalue weighted by atomic mass is 10.2. The van der Waals surface area contributed by atoms with Crippen LogP contribution in [0.3, 0.4) is 0 Å². The number of sulfone groups is 1. The van der Waals surface area contributed by atoms with Crippen LogP contribution in [0.25, 0.3) is 6.08 Å². The summed E-state index contributed by atoms with van der Waals surface area (Å²) in [6, 6.07) is 6.01. The summed E-state index contributed by atoms with van der Waals surface area (Å²) >= 11 is 0. The number of benzene rings is 1. The van der Waals surface area contributed by atoms with Crippen LogP contribution in [0.15, 0.2) is 30.3 Å². The van der Waals surface area contributed by atoms with E-state index in [9.17, 15) is 22.0 Å². The number of carbonyl (C=O) groups excluding carboxylic acids is 1. The van der Waals surface area contributed by atoms with E-state index in [1.54, 1.807) is 6.07 Å². The third-order valence-corrected chi connectivity index (χ3v) is 3.27. The Hall–Kier alpha value is -1.96. The molecule has 21 heavy (non-hydrogen) atoms. The first-order valence-corrected chi connectivity index (χ1v) is 8.01. The molecule has 0 bridgehead atoms. The van der Waals surface area contributed by atoms with Crippen LogP contribution in [-0.4, -0.2) is 39.5 Å². The molecule has 1 N–H and O–H groups in total. The van der Waals surface area contributed by atoms with Gasteiger partial charge in [-0.05, 0) is 12.1 Å². The van der Waals surface area contributed by atoms with Crippen LogP contribution < -0.4 is 10.1 Å². The zero-order chi connectivity index (χ0) is 15.9. The monoisotopic (exact) mass is 319 g/mol. The van der Waals surface area contributed by atoms with Crippen molar-refractivity contribution in [1.82, 2.24) is 5.32 Å². The predicted molar refractivity (Wildman–Crippen MR) is 74.8 cm³/mol. The average molecular weight is 319 g/mol. The highest BCUT2D eigenvalue weighted by Gasteiger charge is 2.07. The molecular formula is C13H15F2NO4S. The predicted octanol–water partition coefficient (Wildman–Crippen LogP) is 1.46. The van der Waals surface area contributed by atoms with Crippen molar-refractivity contribution in [2.45, 2.75) is 6.61 Å². The largest absolute Gasteiger partial charge is 0.434 e. The second-order valence-electron chi connectivity index (χ2n) is 4.17. The molecule has 0 saturated carbocycles. The highest BCUT2D eigenvalue weighted by atomic mass is 32.2. The van der Waals surface area contributed by atoms with Gasteiger partial charge in [0.25, 0.3) is 0 Å². The minimum atomic E-state index is -3.15. The SMILES string of the molecule is CS(=O)(=O)CCNC(=O)C=Cc1ccccc1OC(F)F. The zero-order valence-corrected chi connectivity index (χ0v) is 12.1. The minimum absolute atomic E-state index is 0.0167. The Morgan fingerprint density at radius 1 is 1.38 bits per heavy atom. The highest BCUT2D eigenvalue weighted by Crippen LogP contribution is 2.21. The van der Waals surface area contributed by atoms with E-state index >= 15 is 0 Å². The van der Waals surface area contributed by atoms with Crippen LogP contribution in [0.1, 0.15) is 5.56 Å². The lowest BCUT2D eigenvalue weighted by molar-refractivity contribution is -0.116. The van der Waals surface area contributed by atoms with Crippen molar-refractivity contribution in [3.63, 3.8) is 0 Å². The van der Waals surface area contributed by atoms with Crippen molar-refractivity contribution in [2.75, 3.05) is 18.6 Å². The Labute approximate surface area is 121 Å². The van der Waals surface area contributed by atoms with Gasteiger partial charge < -0.3 is 10.1 Å². The maximum atomic E-state index is 12.2. The number of carbonyl (C=O) groups is 1. The molecule has 0 aromatic heterocycles. The van der Waals surface area contributed by atoms with Gasteiger partial charge in [-0.3, -0.25) is 4.79 Å². The van der Waals surface area contributed by atoms with Gasteiger partial charge in [-0.15, -0.1) is 0 Å². The van der Waals surface area contributed by atoms with E-state index in [-0.39, 0.29) is 18.0 Å². The topological polar surface area (TPSA) is 72.5 Å². The molecule has 0 saturated heterocycles. The van der Waals surface area contributed by atoms with Crippen LogP contribution in [0, 0.1) is 0 Å². The quantitative estimate of drug-likeness (QED) is 0.772. The number of amides is 1. The molecule has 1 amide bonds. The average Bonchev–Trinajstić information content (AvgIpc) is 2.35. The van der Waals surface area contributed by atoms with Gasteiger partial charge in [0, 0.05) is 24.4 Å². The Kier molecular flexibility index (Phi) is 6.29. The molecule has 0 atom stereocenters. The van der Waals surface area contributed by atoms with Crippen molar-refractivity contribution >= 4 is 21.8 Å². The Morgan fingerprint density at radius 3 is 2.67 bits per heavy atom. The van der Waals surface area contributed by atoms with Gasteiger partial charge in [-0.1, -0.05) is 18.2 Å². The number of hydrogen-bond acceptors (Lipinski definition) is 4. The number of para-hydroxylation sites is 1. The van der Waals surface area contributed by atoms with Crippen LogP contribution in [-0.2, 0) is 14.6 Å². The van der Waals surface area contributed by atoms with Crippen molar-refractivity contribution in [1.29, 1.82) is 0 Å². The van der Waals surface area contributed by atoms with Crippen LogP contribution in [0.2, 0.25) is 0 Å². The maximum absolute atomic E-state index is 12.2. The zero-order valence-electron chi connectivity index (χ0n) is 11.3. The normalized spacial score (nSPS) is 11.8. The van der Waals surface area contributed by atoms with Gasteiger partial charge in [0.2, 0.25) is 5.91 Å². The summed E-state index contributed by atoms with van der Waals surface area (Å²) in [6.07, 6.45) is 3.50. The van der Waals surface area contributed by atoms with Gasteiger partial charge in [0.1, 0.15) is 15.6 Å². The molecule has 0 aliphatic heterocycles. The van der Waals surface area contributed by atoms with E-state index in [0.717, 1.165) is 12.3 Å². The van der Waals surface area contributed by atoms with Crippen molar-refractivity contribution in [2.24, 2.45) is 0 Å². The fraction of sp³-hybridized carbons (Fsp3) is 0.308. The van der Waals surface area contributed by atoms with Gasteiger partial charge in [-0.2, -0.15) is 8.78 Å². The van der Waals surface area contributed by atoms with Gasteiger partial charge >= 0.3 is 6.61 Å². The van der Waals surface area contributed by atoms with E-state index in [4.69, 9.17) is 0 Å². The van der Waals surface area contributed by atoms with Gasteiger partial charge in [0.15, 0.2) is 0 Å². The summed E-state index contributed by atoms with van der Waals surface area (Å²) in [5.41, 5.74) is 0.316. The van der Waals surface area contributed by atoms with E-state index in [2.05, 4.69) is 10.1 Å². The second-order valence-corrected chi connectivity index (χ2v) is 6.43. The lowest BCUT2D eigenvalue weighted by Crippen LogP contribution is -2.27. The number of alkyl halides is 2. The smallest absolute Gasteiger partial charge is 0.387 e. The Bertz CT molecular complexity index is 614. The lowest BCUT2D eigenvalue weighted by Gasteiger charge is -2.07. The molecule has 1 rings (SSSR count). The molecule has 116 valence electrons. The first-order valence-electron chi connectivity index (χ1n) is 5.95. The Balaban J connectivity index is 2.62.